The van der Waals surface area contributed by atoms with Crippen molar-refractivity contribution in [3.05, 3.63) is 54.2 Å². The summed E-state index contributed by atoms with van der Waals surface area (Å²) in [6, 6.07) is 10.4. The van der Waals surface area contributed by atoms with Crippen molar-refractivity contribution in [3.63, 3.8) is 0 Å². The summed E-state index contributed by atoms with van der Waals surface area (Å²) in [6.45, 7) is 0. The van der Waals surface area contributed by atoms with Crippen molar-refractivity contribution in [2.75, 3.05) is 5.32 Å². The van der Waals surface area contributed by atoms with Gasteiger partial charge < -0.3 is 10.1 Å². The molecule has 1 aromatic carbocycles. The van der Waals surface area contributed by atoms with Crippen molar-refractivity contribution in [2.45, 2.75) is 12.8 Å². The van der Waals surface area contributed by atoms with Crippen molar-refractivity contribution in [3.8, 4) is 17.3 Å². The van der Waals surface area contributed by atoms with Gasteiger partial charge in [-0.2, -0.15) is 9.36 Å². The lowest BCUT2D eigenvalue weighted by Crippen LogP contribution is -2.17. The average Bonchev–Trinajstić information content (AvgIpc) is 3.04. The summed E-state index contributed by atoms with van der Waals surface area (Å²) in [6.07, 6.45) is -3.16. The highest BCUT2D eigenvalue weighted by atomic mass is 32.1. The number of hydrogen-bond donors (Lipinski definition) is 1. The fourth-order valence-electron chi connectivity index (χ4n) is 2.03. The number of alkyl halides is 3. The lowest BCUT2D eigenvalue weighted by molar-refractivity contribution is -0.274. The first kappa shape index (κ1) is 17.8. The van der Waals surface area contributed by atoms with E-state index in [1.807, 2.05) is 0 Å². The number of amides is 1. The molecule has 2 heterocycles. The molecule has 0 bridgehead atoms. The van der Waals surface area contributed by atoms with Crippen LogP contribution in [0.15, 0.2) is 48.7 Å². The standard InChI is InChI=1S/C16H11F3N4O2S/c17-16(18,19)25-11-6-4-10(5-7-11)9-13(24)21-15-22-14(23-26-15)12-3-1-2-8-20-12/h1-8H,9H2,(H,21,22,23,24). The number of nitrogens with zero attached hydrogens (tertiary/aromatic N) is 3. The first-order valence-electron chi connectivity index (χ1n) is 7.29. The highest BCUT2D eigenvalue weighted by Crippen LogP contribution is 2.23. The molecular formula is C16H11F3N4O2S. The highest BCUT2D eigenvalue weighted by Gasteiger charge is 2.30. The second kappa shape index (κ2) is 7.48. The fraction of sp³-hybridized carbons (Fsp3) is 0.125. The molecule has 3 rings (SSSR count). The number of nitrogens with one attached hydrogen (secondary N) is 1. The van der Waals surface area contributed by atoms with Crippen LogP contribution in [0.2, 0.25) is 0 Å². The Hall–Kier alpha value is -3.01. The summed E-state index contributed by atoms with van der Waals surface area (Å²) in [4.78, 5) is 20.3. The Bertz CT molecular complexity index is 883. The monoisotopic (exact) mass is 380 g/mol. The number of carbonyl (C=O) groups is 1. The molecule has 2 aromatic heterocycles. The van der Waals surface area contributed by atoms with Gasteiger partial charge in [0.1, 0.15) is 11.4 Å². The van der Waals surface area contributed by atoms with Gasteiger partial charge in [0.15, 0.2) is 5.82 Å². The van der Waals surface area contributed by atoms with Crippen molar-refractivity contribution in [1.29, 1.82) is 0 Å². The number of ether oxygens (including phenoxy) is 1. The van der Waals surface area contributed by atoms with Gasteiger partial charge in [0, 0.05) is 17.7 Å². The Morgan fingerprint density at radius 3 is 2.58 bits per heavy atom. The van der Waals surface area contributed by atoms with Crippen LogP contribution in [0, 0.1) is 0 Å². The van der Waals surface area contributed by atoms with Crippen LogP contribution in [0.25, 0.3) is 11.5 Å². The quantitative estimate of drug-likeness (QED) is 0.731. The van der Waals surface area contributed by atoms with Crippen LogP contribution in [0.3, 0.4) is 0 Å². The zero-order chi connectivity index (χ0) is 18.6. The molecule has 0 aliphatic rings. The molecular weight excluding hydrogens is 369 g/mol. The van der Waals surface area contributed by atoms with Crippen LogP contribution in [0.5, 0.6) is 5.75 Å². The summed E-state index contributed by atoms with van der Waals surface area (Å²) in [5, 5.41) is 2.91. The van der Waals surface area contributed by atoms with E-state index in [9.17, 15) is 18.0 Å². The van der Waals surface area contributed by atoms with Gasteiger partial charge in [-0.25, -0.2) is 0 Å². The molecule has 0 aliphatic carbocycles. The van der Waals surface area contributed by atoms with E-state index in [0.717, 1.165) is 23.7 Å². The van der Waals surface area contributed by atoms with Gasteiger partial charge in [0.05, 0.1) is 6.42 Å². The number of anilines is 1. The lowest BCUT2D eigenvalue weighted by Gasteiger charge is -2.09. The van der Waals surface area contributed by atoms with E-state index in [4.69, 9.17) is 0 Å². The van der Waals surface area contributed by atoms with Gasteiger partial charge in [-0.1, -0.05) is 18.2 Å². The van der Waals surface area contributed by atoms with Crippen molar-refractivity contribution >= 4 is 22.6 Å². The lowest BCUT2D eigenvalue weighted by atomic mass is 10.1. The molecule has 134 valence electrons. The van der Waals surface area contributed by atoms with E-state index in [1.54, 1.807) is 24.4 Å². The molecule has 1 N–H and O–H groups in total. The van der Waals surface area contributed by atoms with Gasteiger partial charge in [-0.05, 0) is 29.8 Å². The Labute approximate surface area is 149 Å². The molecule has 0 radical (unpaired) electrons. The maximum Gasteiger partial charge on any atom is 0.573 e. The third-order valence-corrected chi connectivity index (χ3v) is 3.72. The second-order valence-electron chi connectivity index (χ2n) is 5.05. The third kappa shape index (κ3) is 4.99. The highest BCUT2D eigenvalue weighted by molar-refractivity contribution is 7.10. The van der Waals surface area contributed by atoms with Gasteiger partial charge in [0.25, 0.3) is 0 Å². The molecule has 26 heavy (non-hydrogen) atoms. The van der Waals surface area contributed by atoms with Crippen molar-refractivity contribution in [2.24, 2.45) is 0 Å². The summed E-state index contributed by atoms with van der Waals surface area (Å²) in [5.41, 5.74) is 1.12. The molecule has 0 saturated heterocycles. The Morgan fingerprint density at radius 1 is 1.15 bits per heavy atom. The summed E-state index contributed by atoms with van der Waals surface area (Å²) in [7, 11) is 0. The minimum Gasteiger partial charge on any atom is -0.406 e. The van der Waals surface area contributed by atoms with Crippen LogP contribution < -0.4 is 10.1 Å². The molecule has 3 aromatic rings. The minimum absolute atomic E-state index is 0.0230. The first-order valence-corrected chi connectivity index (χ1v) is 8.06. The number of benzene rings is 1. The molecule has 0 fully saturated rings. The SMILES string of the molecule is O=C(Cc1ccc(OC(F)(F)F)cc1)Nc1nc(-c2ccccn2)ns1. The number of aromatic nitrogens is 3. The van der Waals surface area contributed by atoms with E-state index in [0.29, 0.717) is 22.2 Å². The third-order valence-electron chi connectivity index (χ3n) is 3.09. The Balaban J connectivity index is 1.58. The topological polar surface area (TPSA) is 77.0 Å². The minimum atomic E-state index is -4.75. The molecule has 0 spiro atoms. The van der Waals surface area contributed by atoms with Gasteiger partial charge in [0.2, 0.25) is 11.0 Å². The normalized spacial score (nSPS) is 11.2. The zero-order valence-electron chi connectivity index (χ0n) is 13.0. The predicted molar refractivity (Wildman–Crippen MR) is 88.6 cm³/mol. The van der Waals surface area contributed by atoms with Crippen LogP contribution in [0.1, 0.15) is 5.56 Å². The number of halogens is 3. The smallest absolute Gasteiger partial charge is 0.406 e. The molecule has 6 nitrogen and oxygen atoms in total. The summed E-state index contributed by atoms with van der Waals surface area (Å²) < 4.78 is 44.3. The summed E-state index contributed by atoms with van der Waals surface area (Å²) in [5.74, 6) is -0.302. The van der Waals surface area contributed by atoms with Crippen LogP contribution >= 0.6 is 11.5 Å². The number of hydrogen-bond acceptors (Lipinski definition) is 6. The van der Waals surface area contributed by atoms with E-state index in [2.05, 4.69) is 24.4 Å². The Kier molecular flexibility index (Phi) is 5.12. The predicted octanol–water partition coefficient (Wildman–Crippen LogP) is 3.68. The molecule has 0 atom stereocenters. The van der Waals surface area contributed by atoms with E-state index >= 15 is 0 Å². The number of pyridine rings is 1. The second-order valence-corrected chi connectivity index (χ2v) is 5.81. The molecule has 0 saturated carbocycles. The number of carbonyl (C=O) groups excluding carboxylic acids is 1. The maximum absolute atomic E-state index is 12.1. The van der Waals surface area contributed by atoms with Crippen molar-refractivity contribution < 1.29 is 22.7 Å². The first-order chi connectivity index (χ1) is 12.4. The molecule has 10 heteroatoms. The van der Waals surface area contributed by atoms with Gasteiger partial charge >= 0.3 is 6.36 Å². The van der Waals surface area contributed by atoms with Gasteiger partial charge in [-0.15, -0.1) is 13.2 Å². The summed E-state index contributed by atoms with van der Waals surface area (Å²) >= 11 is 1.01. The molecule has 0 unspecified atom stereocenters. The van der Waals surface area contributed by atoms with Crippen LogP contribution in [-0.2, 0) is 11.2 Å². The van der Waals surface area contributed by atoms with Gasteiger partial charge in [-0.3, -0.25) is 9.78 Å². The van der Waals surface area contributed by atoms with Crippen LogP contribution in [0.4, 0.5) is 18.3 Å². The number of rotatable bonds is 5. The average molecular weight is 380 g/mol. The van der Waals surface area contributed by atoms with E-state index in [-0.39, 0.29) is 18.1 Å². The molecule has 0 aliphatic heterocycles. The maximum atomic E-state index is 12.1. The fourth-order valence-corrected chi connectivity index (χ4v) is 2.63. The zero-order valence-corrected chi connectivity index (χ0v) is 13.8. The van der Waals surface area contributed by atoms with Crippen molar-refractivity contribution in [1.82, 2.24) is 14.3 Å². The van der Waals surface area contributed by atoms with Crippen LogP contribution in [-0.4, -0.2) is 26.6 Å². The molecule has 1 amide bonds. The Morgan fingerprint density at radius 2 is 1.92 bits per heavy atom. The largest absolute Gasteiger partial charge is 0.573 e. The van der Waals surface area contributed by atoms with E-state index < -0.39 is 6.36 Å². The van der Waals surface area contributed by atoms with E-state index in [1.165, 1.54) is 12.1 Å².